The molecule has 1 unspecified atom stereocenters. The summed E-state index contributed by atoms with van der Waals surface area (Å²) >= 11 is 0. The lowest BCUT2D eigenvalue weighted by molar-refractivity contribution is 0.706. The fourth-order valence-electron chi connectivity index (χ4n) is 2.83. The summed E-state index contributed by atoms with van der Waals surface area (Å²) in [7, 11) is 0. The van der Waals surface area contributed by atoms with Crippen LogP contribution in [-0.4, -0.2) is 16.5 Å². The highest BCUT2D eigenvalue weighted by molar-refractivity contribution is 5.54. The normalized spacial score (nSPS) is 18.8. The van der Waals surface area contributed by atoms with Crippen LogP contribution < -0.4 is 10.6 Å². The molecule has 1 saturated heterocycles. The van der Waals surface area contributed by atoms with E-state index in [0.717, 1.165) is 30.0 Å². The molecule has 2 N–H and O–H groups in total. The lowest BCUT2D eigenvalue weighted by Crippen LogP contribution is -2.24. The van der Waals surface area contributed by atoms with Crippen LogP contribution in [0.3, 0.4) is 0 Å². The number of aryl methyl sites for hydroxylation is 1. The average Bonchev–Trinajstić information content (AvgIpc) is 2.89. The van der Waals surface area contributed by atoms with E-state index in [-0.39, 0.29) is 0 Å². The molecule has 0 radical (unpaired) electrons. The Morgan fingerprint density at radius 3 is 3.00 bits per heavy atom. The predicted octanol–water partition coefficient (Wildman–Crippen LogP) is 2.71. The summed E-state index contributed by atoms with van der Waals surface area (Å²) in [5.74, 6) is 1.04. The molecule has 1 fully saturated rings. The second-order valence-corrected chi connectivity index (χ2v) is 5.05. The van der Waals surface area contributed by atoms with Crippen LogP contribution in [0, 0.1) is 6.92 Å². The highest BCUT2D eigenvalue weighted by Crippen LogP contribution is 2.36. The molecule has 0 spiro atoms. The Hall–Kier alpha value is -2.10. The Kier molecular flexibility index (Phi) is 3.07. The number of nitrogen functional groups attached to an aromatic ring is 1. The zero-order valence-electron chi connectivity index (χ0n) is 11.1. The minimum absolute atomic E-state index is 0.378. The molecule has 1 atom stereocenters. The molecule has 0 bridgehead atoms. The lowest BCUT2D eigenvalue weighted by Gasteiger charge is -2.27. The van der Waals surface area contributed by atoms with Crippen LogP contribution in [0.15, 0.2) is 36.8 Å². The second kappa shape index (κ2) is 4.88. The van der Waals surface area contributed by atoms with E-state index >= 15 is 0 Å². The van der Waals surface area contributed by atoms with E-state index in [2.05, 4.69) is 27.9 Å². The summed E-state index contributed by atoms with van der Waals surface area (Å²) in [5.41, 5.74) is 8.90. The van der Waals surface area contributed by atoms with Crippen molar-refractivity contribution in [1.29, 1.82) is 0 Å². The fraction of sp³-hybridized carbons (Fsp3) is 0.333. The van der Waals surface area contributed by atoms with E-state index in [1.807, 2.05) is 24.5 Å². The zero-order chi connectivity index (χ0) is 13.2. The number of nitrogens with two attached hydrogens (primary N) is 1. The summed E-state index contributed by atoms with van der Waals surface area (Å²) in [6.45, 7) is 3.11. The van der Waals surface area contributed by atoms with Gasteiger partial charge in [0.1, 0.15) is 5.82 Å². The molecule has 0 aliphatic carbocycles. The molecule has 0 aromatic carbocycles. The maximum Gasteiger partial charge on any atom is 0.132 e. The molecular weight excluding hydrogens is 236 g/mol. The quantitative estimate of drug-likeness (QED) is 0.895. The van der Waals surface area contributed by atoms with E-state index in [9.17, 15) is 0 Å². The largest absolute Gasteiger partial charge is 0.397 e. The molecular formula is C15H18N4. The van der Waals surface area contributed by atoms with Gasteiger partial charge in [-0.15, -0.1) is 0 Å². The second-order valence-electron chi connectivity index (χ2n) is 5.05. The number of rotatable bonds is 2. The third kappa shape index (κ3) is 2.26. The Labute approximate surface area is 113 Å². The Bertz CT molecular complexity index is 568. The van der Waals surface area contributed by atoms with E-state index in [0.29, 0.717) is 6.04 Å². The summed E-state index contributed by atoms with van der Waals surface area (Å²) in [6, 6.07) is 6.50. The van der Waals surface area contributed by atoms with E-state index in [1.54, 1.807) is 6.20 Å². The smallest absolute Gasteiger partial charge is 0.132 e. The van der Waals surface area contributed by atoms with Gasteiger partial charge < -0.3 is 10.6 Å². The van der Waals surface area contributed by atoms with Gasteiger partial charge >= 0.3 is 0 Å². The van der Waals surface area contributed by atoms with Crippen molar-refractivity contribution in [1.82, 2.24) is 9.97 Å². The molecule has 2 aromatic rings. The van der Waals surface area contributed by atoms with Gasteiger partial charge in [-0.3, -0.25) is 4.98 Å². The first-order valence-corrected chi connectivity index (χ1v) is 6.64. The monoisotopic (exact) mass is 254 g/mol. The number of hydrogen-bond donors (Lipinski definition) is 1. The van der Waals surface area contributed by atoms with Crippen molar-refractivity contribution in [3.8, 4) is 0 Å². The predicted molar refractivity (Wildman–Crippen MR) is 76.9 cm³/mol. The molecule has 0 amide bonds. The van der Waals surface area contributed by atoms with Crippen LogP contribution in [-0.2, 0) is 0 Å². The Morgan fingerprint density at radius 1 is 1.37 bits per heavy atom. The van der Waals surface area contributed by atoms with Crippen LogP contribution in [0.4, 0.5) is 11.5 Å². The number of anilines is 2. The fourth-order valence-corrected chi connectivity index (χ4v) is 2.83. The topological polar surface area (TPSA) is 55.0 Å². The van der Waals surface area contributed by atoms with Gasteiger partial charge in [-0.1, -0.05) is 6.07 Å². The minimum atomic E-state index is 0.378. The summed E-state index contributed by atoms with van der Waals surface area (Å²) in [5, 5.41) is 0. The first-order chi connectivity index (χ1) is 9.25. The van der Waals surface area contributed by atoms with Crippen molar-refractivity contribution < 1.29 is 0 Å². The third-order valence-electron chi connectivity index (χ3n) is 3.67. The van der Waals surface area contributed by atoms with Gasteiger partial charge in [-0.2, -0.15) is 0 Å². The first-order valence-electron chi connectivity index (χ1n) is 6.64. The molecule has 0 saturated carbocycles. The molecule has 98 valence electrons. The van der Waals surface area contributed by atoms with Crippen molar-refractivity contribution >= 4 is 11.5 Å². The molecule has 19 heavy (non-hydrogen) atoms. The molecule has 1 aliphatic heterocycles. The Balaban J connectivity index is 1.95. The highest BCUT2D eigenvalue weighted by atomic mass is 15.2. The number of aromatic nitrogens is 2. The number of nitrogens with zero attached hydrogens (tertiary/aromatic N) is 3. The third-order valence-corrected chi connectivity index (χ3v) is 3.67. The van der Waals surface area contributed by atoms with Gasteiger partial charge in [0, 0.05) is 18.9 Å². The van der Waals surface area contributed by atoms with Crippen LogP contribution in [0.1, 0.15) is 30.0 Å². The summed E-state index contributed by atoms with van der Waals surface area (Å²) in [6.07, 6.45) is 7.84. The van der Waals surface area contributed by atoms with E-state index in [1.165, 1.54) is 12.0 Å². The molecule has 1 aliphatic rings. The van der Waals surface area contributed by atoms with Crippen molar-refractivity contribution in [3.05, 3.63) is 47.9 Å². The average molecular weight is 254 g/mol. The highest BCUT2D eigenvalue weighted by Gasteiger charge is 2.28. The Morgan fingerprint density at radius 2 is 2.26 bits per heavy atom. The van der Waals surface area contributed by atoms with Crippen LogP contribution in [0.25, 0.3) is 0 Å². The molecule has 2 aromatic heterocycles. The van der Waals surface area contributed by atoms with Crippen molar-refractivity contribution in [2.45, 2.75) is 25.8 Å². The van der Waals surface area contributed by atoms with Gasteiger partial charge in [0.05, 0.1) is 17.9 Å². The van der Waals surface area contributed by atoms with E-state index in [4.69, 9.17) is 5.73 Å². The van der Waals surface area contributed by atoms with Gasteiger partial charge in [-0.05, 0) is 43.0 Å². The van der Waals surface area contributed by atoms with Gasteiger partial charge in [0.25, 0.3) is 0 Å². The van der Waals surface area contributed by atoms with Gasteiger partial charge in [0.15, 0.2) is 0 Å². The zero-order valence-corrected chi connectivity index (χ0v) is 11.1. The number of pyridine rings is 2. The van der Waals surface area contributed by atoms with Crippen LogP contribution in [0.5, 0.6) is 0 Å². The standard InChI is InChI=1S/C15H18N4/c1-11-8-13(16)10-18-15(11)19-7-3-5-14(19)12-4-2-6-17-9-12/h2,4,6,8-10,14H,3,5,7,16H2,1H3. The van der Waals surface area contributed by atoms with Crippen LogP contribution >= 0.6 is 0 Å². The molecule has 3 heterocycles. The van der Waals surface area contributed by atoms with Crippen LogP contribution in [0.2, 0.25) is 0 Å². The maximum atomic E-state index is 5.78. The van der Waals surface area contributed by atoms with Crippen molar-refractivity contribution in [3.63, 3.8) is 0 Å². The first kappa shape index (κ1) is 12.0. The molecule has 4 heteroatoms. The number of hydrogen-bond acceptors (Lipinski definition) is 4. The van der Waals surface area contributed by atoms with E-state index < -0.39 is 0 Å². The maximum absolute atomic E-state index is 5.78. The minimum Gasteiger partial charge on any atom is -0.397 e. The van der Waals surface area contributed by atoms with Crippen molar-refractivity contribution in [2.24, 2.45) is 0 Å². The molecule has 3 rings (SSSR count). The summed E-state index contributed by atoms with van der Waals surface area (Å²) < 4.78 is 0. The van der Waals surface area contributed by atoms with Crippen molar-refractivity contribution in [2.75, 3.05) is 17.2 Å². The lowest BCUT2D eigenvalue weighted by atomic mass is 10.1. The van der Waals surface area contributed by atoms with Gasteiger partial charge in [-0.25, -0.2) is 4.98 Å². The molecule has 4 nitrogen and oxygen atoms in total. The summed E-state index contributed by atoms with van der Waals surface area (Å²) in [4.78, 5) is 11.1. The van der Waals surface area contributed by atoms with Gasteiger partial charge in [0.2, 0.25) is 0 Å². The SMILES string of the molecule is Cc1cc(N)cnc1N1CCCC1c1cccnc1.